The lowest BCUT2D eigenvalue weighted by atomic mass is 9.88. The van der Waals surface area contributed by atoms with Crippen LogP contribution < -0.4 is 9.47 Å². The van der Waals surface area contributed by atoms with Crippen LogP contribution in [0.15, 0.2) is 48.5 Å². The van der Waals surface area contributed by atoms with E-state index in [0.717, 1.165) is 17.5 Å². The Balaban J connectivity index is 2.36. The highest BCUT2D eigenvalue weighted by Crippen LogP contribution is 2.34. The maximum atomic E-state index is 8.75. The van der Waals surface area contributed by atoms with Crippen molar-refractivity contribution in [2.45, 2.75) is 19.3 Å². The lowest BCUT2D eigenvalue weighted by Gasteiger charge is -2.18. The van der Waals surface area contributed by atoms with Crippen LogP contribution in [0.3, 0.4) is 0 Å². The molecule has 0 spiro atoms. The fraction of sp³-hybridized carbons (Fsp3) is 0.176. The first kappa shape index (κ1) is 14.4. The SMILES string of the molecule is CCC(c1ccc(OC#N)cc1)c1ccccc1OC#N. The third-order valence-electron chi connectivity index (χ3n) is 3.30. The summed E-state index contributed by atoms with van der Waals surface area (Å²) in [6.45, 7) is 2.08. The number of para-hydroxylation sites is 1. The fourth-order valence-corrected chi connectivity index (χ4v) is 2.37. The maximum absolute atomic E-state index is 8.75. The highest BCUT2D eigenvalue weighted by Gasteiger charge is 2.16. The summed E-state index contributed by atoms with van der Waals surface area (Å²) in [4.78, 5) is 0. The van der Waals surface area contributed by atoms with Gasteiger partial charge in [-0.25, -0.2) is 0 Å². The quantitative estimate of drug-likeness (QED) is 0.777. The average Bonchev–Trinajstić information content (AvgIpc) is 2.52. The molecule has 0 aliphatic carbocycles. The molecule has 104 valence electrons. The fourth-order valence-electron chi connectivity index (χ4n) is 2.37. The monoisotopic (exact) mass is 278 g/mol. The summed E-state index contributed by atoms with van der Waals surface area (Å²) in [6, 6.07) is 14.9. The zero-order chi connectivity index (χ0) is 15.1. The largest absolute Gasteiger partial charge is 0.388 e. The summed E-state index contributed by atoms with van der Waals surface area (Å²) in [5, 5.41) is 17.2. The van der Waals surface area contributed by atoms with Gasteiger partial charge in [0.1, 0.15) is 11.5 Å². The number of rotatable bonds is 5. The number of hydrogen-bond donors (Lipinski definition) is 0. The van der Waals surface area contributed by atoms with Gasteiger partial charge in [0.2, 0.25) is 0 Å². The summed E-state index contributed by atoms with van der Waals surface area (Å²) in [6.07, 6.45) is 4.24. The molecule has 0 aliphatic heterocycles. The van der Waals surface area contributed by atoms with E-state index in [1.165, 1.54) is 0 Å². The highest BCUT2D eigenvalue weighted by molar-refractivity contribution is 5.43. The van der Waals surface area contributed by atoms with Gasteiger partial charge in [-0.3, -0.25) is 0 Å². The molecule has 21 heavy (non-hydrogen) atoms. The second kappa shape index (κ2) is 6.98. The van der Waals surface area contributed by atoms with Crippen LogP contribution in [0.25, 0.3) is 0 Å². The van der Waals surface area contributed by atoms with Gasteiger partial charge in [-0.05, 0) is 30.2 Å². The van der Waals surface area contributed by atoms with Gasteiger partial charge in [-0.15, -0.1) is 10.5 Å². The summed E-state index contributed by atoms with van der Waals surface area (Å²) in [5.41, 5.74) is 2.05. The van der Waals surface area contributed by atoms with E-state index in [0.29, 0.717) is 11.5 Å². The third kappa shape index (κ3) is 3.32. The Hall–Kier alpha value is -2.98. The van der Waals surface area contributed by atoms with E-state index in [1.807, 2.05) is 30.3 Å². The Morgan fingerprint density at radius 1 is 0.952 bits per heavy atom. The lowest BCUT2D eigenvalue weighted by Crippen LogP contribution is -2.02. The molecule has 0 saturated carbocycles. The predicted molar refractivity (Wildman–Crippen MR) is 77.5 cm³/mol. The Morgan fingerprint density at radius 2 is 1.62 bits per heavy atom. The Labute approximate surface area is 123 Å². The van der Waals surface area contributed by atoms with Crippen molar-refractivity contribution in [3.05, 3.63) is 59.7 Å². The summed E-state index contributed by atoms with van der Waals surface area (Å²) < 4.78 is 9.82. The molecule has 0 aliphatic rings. The molecule has 0 heterocycles. The van der Waals surface area contributed by atoms with Gasteiger partial charge in [0.25, 0.3) is 12.5 Å². The van der Waals surface area contributed by atoms with E-state index in [2.05, 4.69) is 6.92 Å². The summed E-state index contributed by atoms with van der Waals surface area (Å²) >= 11 is 0. The minimum Gasteiger partial charge on any atom is -0.388 e. The van der Waals surface area contributed by atoms with Crippen molar-refractivity contribution in [3.63, 3.8) is 0 Å². The Morgan fingerprint density at radius 3 is 2.24 bits per heavy atom. The number of nitriles is 2. The van der Waals surface area contributed by atoms with E-state index >= 15 is 0 Å². The first-order chi connectivity index (χ1) is 10.3. The number of nitrogens with zero attached hydrogens (tertiary/aromatic N) is 2. The van der Waals surface area contributed by atoms with Crippen LogP contribution in [0.4, 0.5) is 0 Å². The predicted octanol–water partition coefficient (Wildman–Crippen LogP) is 3.95. The molecule has 0 bridgehead atoms. The van der Waals surface area contributed by atoms with Gasteiger partial charge in [0, 0.05) is 11.5 Å². The van der Waals surface area contributed by atoms with Crippen molar-refractivity contribution < 1.29 is 9.47 Å². The molecule has 4 heteroatoms. The van der Waals surface area contributed by atoms with E-state index in [4.69, 9.17) is 20.0 Å². The summed E-state index contributed by atoms with van der Waals surface area (Å²) in [5.74, 6) is 1.20. The van der Waals surface area contributed by atoms with Gasteiger partial charge < -0.3 is 9.47 Å². The van der Waals surface area contributed by atoms with Crippen molar-refractivity contribution in [2.24, 2.45) is 0 Å². The van der Waals surface area contributed by atoms with Crippen molar-refractivity contribution >= 4 is 0 Å². The van der Waals surface area contributed by atoms with Crippen LogP contribution in [0.1, 0.15) is 30.4 Å². The van der Waals surface area contributed by atoms with Gasteiger partial charge in [-0.1, -0.05) is 37.3 Å². The zero-order valence-electron chi connectivity index (χ0n) is 11.6. The molecule has 0 amide bonds. The minimum atomic E-state index is 0.116. The zero-order valence-corrected chi connectivity index (χ0v) is 11.6. The third-order valence-corrected chi connectivity index (χ3v) is 3.30. The summed E-state index contributed by atoms with van der Waals surface area (Å²) in [7, 11) is 0. The molecule has 2 aromatic rings. The van der Waals surface area contributed by atoms with Crippen LogP contribution in [-0.4, -0.2) is 0 Å². The van der Waals surface area contributed by atoms with Crippen LogP contribution in [-0.2, 0) is 0 Å². The molecule has 1 atom stereocenters. The standard InChI is InChI=1S/C17H14N2O2/c1-2-15(13-7-9-14(10-8-13)20-11-18)16-5-3-4-6-17(16)21-12-19/h3-10,15H,2H2,1H3. The Bertz CT molecular complexity index is 681. The molecule has 0 fully saturated rings. The van der Waals surface area contributed by atoms with Crippen molar-refractivity contribution in [1.82, 2.24) is 0 Å². The van der Waals surface area contributed by atoms with Gasteiger partial charge in [0.15, 0.2) is 0 Å². The molecular formula is C17H14N2O2. The molecule has 2 rings (SSSR count). The van der Waals surface area contributed by atoms with E-state index in [-0.39, 0.29) is 5.92 Å². The molecular weight excluding hydrogens is 264 g/mol. The normalized spacial score (nSPS) is 11.0. The first-order valence-electron chi connectivity index (χ1n) is 6.61. The van der Waals surface area contributed by atoms with E-state index in [9.17, 15) is 0 Å². The van der Waals surface area contributed by atoms with Crippen LogP contribution >= 0.6 is 0 Å². The second-order valence-corrected chi connectivity index (χ2v) is 4.45. The van der Waals surface area contributed by atoms with Crippen molar-refractivity contribution in [3.8, 4) is 24.0 Å². The van der Waals surface area contributed by atoms with E-state index < -0.39 is 0 Å². The number of ether oxygens (including phenoxy) is 2. The lowest BCUT2D eigenvalue weighted by molar-refractivity contribution is 0.495. The topological polar surface area (TPSA) is 66.0 Å². The van der Waals surface area contributed by atoms with Crippen molar-refractivity contribution in [1.29, 1.82) is 10.5 Å². The van der Waals surface area contributed by atoms with E-state index in [1.54, 1.807) is 30.7 Å². The molecule has 0 N–H and O–H groups in total. The molecule has 0 saturated heterocycles. The first-order valence-corrected chi connectivity index (χ1v) is 6.61. The van der Waals surface area contributed by atoms with Crippen LogP contribution in [0, 0.1) is 23.0 Å². The van der Waals surface area contributed by atoms with Crippen LogP contribution in [0.2, 0.25) is 0 Å². The smallest absolute Gasteiger partial charge is 0.292 e. The average molecular weight is 278 g/mol. The molecule has 1 unspecified atom stereocenters. The van der Waals surface area contributed by atoms with Gasteiger partial charge in [-0.2, -0.15) is 0 Å². The maximum Gasteiger partial charge on any atom is 0.292 e. The number of hydrogen-bond acceptors (Lipinski definition) is 4. The molecule has 2 aromatic carbocycles. The molecule has 0 radical (unpaired) electrons. The number of benzene rings is 2. The minimum absolute atomic E-state index is 0.116. The second-order valence-electron chi connectivity index (χ2n) is 4.45. The molecule has 4 nitrogen and oxygen atoms in total. The van der Waals surface area contributed by atoms with Crippen LogP contribution in [0.5, 0.6) is 11.5 Å². The molecule has 0 aromatic heterocycles. The Kier molecular flexibility index (Phi) is 4.79. The van der Waals surface area contributed by atoms with Gasteiger partial charge >= 0.3 is 0 Å². The van der Waals surface area contributed by atoms with Crippen molar-refractivity contribution in [2.75, 3.05) is 0 Å². The highest BCUT2D eigenvalue weighted by atomic mass is 16.5. The van der Waals surface area contributed by atoms with Gasteiger partial charge in [0.05, 0.1) is 0 Å².